The first-order valence-electron chi connectivity index (χ1n) is 13.6. The molecule has 0 unspecified atom stereocenters. The van der Waals surface area contributed by atoms with Gasteiger partial charge in [0, 0.05) is 24.8 Å². The van der Waals surface area contributed by atoms with Gasteiger partial charge in [0.1, 0.15) is 22.9 Å². The number of esters is 1. The molecule has 0 aliphatic carbocycles. The van der Waals surface area contributed by atoms with Gasteiger partial charge >= 0.3 is 11.7 Å². The van der Waals surface area contributed by atoms with Crippen molar-refractivity contribution < 1.29 is 18.7 Å². The molecule has 0 atom stereocenters. The van der Waals surface area contributed by atoms with Gasteiger partial charge in [-0.15, -0.1) is 0 Å². The number of para-hydroxylation sites is 1. The van der Waals surface area contributed by atoms with Gasteiger partial charge in [0.25, 0.3) is 11.5 Å². The van der Waals surface area contributed by atoms with E-state index in [1.165, 1.54) is 39.7 Å². The van der Waals surface area contributed by atoms with Crippen LogP contribution in [0, 0.1) is 11.7 Å². The van der Waals surface area contributed by atoms with Crippen LogP contribution in [-0.2, 0) is 16.1 Å². The number of hydrogen-bond donors (Lipinski definition) is 2. The van der Waals surface area contributed by atoms with Crippen molar-refractivity contribution >= 4 is 23.4 Å². The molecule has 12 heteroatoms. The molecule has 0 aliphatic heterocycles. The molecule has 0 bridgehead atoms. The molecule has 4 rings (SSSR count). The quantitative estimate of drug-likeness (QED) is 0.259. The lowest BCUT2D eigenvalue weighted by atomic mass is 10.1. The Morgan fingerprint density at radius 3 is 2.43 bits per heavy atom. The maximum atomic E-state index is 13.6. The van der Waals surface area contributed by atoms with E-state index >= 15 is 0 Å². The Labute approximate surface area is 241 Å². The van der Waals surface area contributed by atoms with Gasteiger partial charge in [0.2, 0.25) is 0 Å². The summed E-state index contributed by atoms with van der Waals surface area (Å²) in [4.78, 5) is 55.4. The fraction of sp³-hybridized carbons (Fsp3) is 0.300. The maximum Gasteiger partial charge on any atom is 0.342 e. The third-order valence-corrected chi connectivity index (χ3v) is 6.47. The summed E-state index contributed by atoms with van der Waals surface area (Å²) in [5, 5.41) is 4.52. The van der Waals surface area contributed by atoms with Crippen LogP contribution >= 0.6 is 0 Å². The first kappa shape index (κ1) is 30.0. The number of halogens is 1. The normalized spacial score (nSPS) is 11.1. The molecule has 0 aliphatic rings. The molecule has 0 saturated carbocycles. The molecule has 0 radical (unpaired) electrons. The number of benzene rings is 2. The van der Waals surface area contributed by atoms with Gasteiger partial charge in [-0.2, -0.15) is 5.10 Å². The van der Waals surface area contributed by atoms with E-state index in [0.717, 1.165) is 11.3 Å². The number of nitrogen functional groups attached to an aromatic ring is 1. The molecular weight excluding hydrogens is 543 g/mol. The standard InChI is InChI=1S/C30H33FN6O5/c1-4-5-15-35-27(32)26(28(39)33-30(35)41)36(16-19(2)3)24(38)18-42-29(40)23-17-37(22-9-7-6-8-10-22)34-25(23)20-11-13-21(31)14-12-20/h6-14,17,19H,4-5,15-16,18,32H2,1-3H3,(H,33,39,41). The number of anilines is 2. The number of hydrogen-bond acceptors (Lipinski definition) is 7. The third kappa shape index (κ3) is 6.65. The predicted octanol–water partition coefficient (Wildman–Crippen LogP) is 3.76. The summed E-state index contributed by atoms with van der Waals surface area (Å²) in [6, 6.07) is 14.5. The second-order valence-electron chi connectivity index (χ2n) is 10.2. The number of nitrogens with two attached hydrogens (primary N) is 1. The van der Waals surface area contributed by atoms with Crippen LogP contribution in [-0.4, -0.2) is 44.4 Å². The topological polar surface area (TPSA) is 145 Å². The fourth-order valence-corrected chi connectivity index (χ4v) is 4.40. The van der Waals surface area contributed by atoms with E-state index in [4.69, 9.17) is 10.5 Å². The molecule has 220 valence electrons. The summed E-state index contributed by atoms with van der Waals surface area (Å²) in [6.45, 7) is 5.27. The second-order valence-corrected chi connectivity index (χ2v) is 10.2. The van der Waals surface area contributed by atoms with Crippen molar-refractivity contribution in [2.75, 3.05) is 23.8 Å². The van der Waals surface area contributed by atoms with Crippen LogP contribution in [0.1, 0.15) is 44.0 Å². The number of aromatic amines is 1. The Bertz CT molecular complexity index is 1680. The Morgan fingerprint density at radius 2 is 1.79 bits per heavy atom. The van der Waals surface area contributed by atoms with Crippen molar-refractivity contribution in [3.63, 3.8) is 0 Å². The highest BCUT2D eigenvalue weighted by Crippen LogP contribution is 2.25. The molecule has 2 heterocycles. The molecule has 11 nitrogen and oxygen atoms in total. The summed E-state index contributed by atoms with van der Waals surface area (Å²) >= 11 is 0. The number of nitrogens with zero attached hydrogens (tertiary/aromatic N) is 4. The molecular formula is C30H33FN6O5. The zero-order valence-electron chi connectivity index (χ0n) is 23.7. The Hall–Kier alpha value is -5.00. The number of carbonyl (C=O) groups excluding carboxylic acids is 2. The number of unbranched alkanes of at least 4 members (excludes halogenated alkanes) is 1. The summed E-state index contributed by atoms with van der Waals surface area (Å²) < 4.78 is 21.7. The molecule has 3 N–H and O–H groups in total. The van der Waals surface area contributed by atoms with Crippen LogP contribution < -0.4 is 21.9 Å². The molecule has 1 amide bonds. The van der Waals surface area contributed by atoms with Crippen LogP contribution in [0.15, 0.2) is 70.4 Å². The smallest absolute Gasteiger partial charge is 0.342 e. The van der Waals surface area contributed by atoms with Gasteiger partial charge in [-0.3, -0.25) is 19.1 Å². The van der Waals surface area contributed by atoms with Crippen LogP contribution in [0.3, 0.4) is 0 Å². The predicted molar refractivity (Wildman–Crippen MR) is 157 cm³/mol. The van der Waals surface area contributed by atoms with Crippen molar-refractivity contribution in [2.24, 2.45) is 5.92 Å². The summed E-state index contributed by atoms with van der Waals surface area (Å²) in [5.74, 6) is -2.22. The van der Waals surface area contributed by atoms with E-state index in [1.807, 2.05) is 39.0 Å². The van der Waals surface area contributed by atoms with E-state index in [9.17, 15) is 23.6 Å². The number of amides is 1. The Balaban J connectivity index is 1.64. The zero-order valence-corrected chi connectivity index (χ0v) is 23.7. The van der Waals surface area contributed by atoms with Gasteiger partial charge < -0.3 is 15.4 Å². The zero-order chi connectivity index (χ0) is 30.4. The van der Waals surface area contributed by atoms with Gasteiger partial charge in [-0.05, 0) is 48.7 Å². The van der Waals surface area contributed by atoms with Crippen LogP contribution in [0.4, 0.5) is 15.9 Å². The fourth-order valence-electron chi connectivity index (χ4n) is 4.40. The third-order valence-electron chi connectivity index (χ3n) is 6.47. The molecule has 0 spiro atoms. The SMILES string of the molecule is CCCCn1c(N)c(N(CC(C)C)C(=O)COC(=O)c2cn(-c3ccccc3)nc2-c2ccc(F)cc2)c(=O)[nH]c1=O. The van der Waals surface area contributed by atoms with Crippen LogP contribution in [0.25, 0.3) is 16.9 Å². The Morgan fingerprint density at radius 1 is 1.10 bits per heavy atom. The monoisotopic (exact) mass is 576 g/mol. The molecule has 2 aromatic carbocycles. The average molecular weight is 577 g/mol. The van der Waals surface area contributed by atoms with Crippen molar-refractivity contribution in [2.45, 2.75) is 40.2 Å². The minimum atomic E-state index is -0.843. The van der Waals surface area contributed by atoms with Crippen LogP contribution in [0.2, 0.25) is 0 Å². The summed E-state index contributed by atoms with van der Waals surface area (Å²) in [7, 11) is 0. The molecule has 0 fully saturated rings. The van der Waals surface area contributed by atoms with Crippen LogP contribution in [0.5, 0.6) is 0 Å². The van der Waals surface area contributed by atoms with Gasteiger partial charge in [-0.1, -0.05) is 45.4 Å². The minimum Gasteiger partial charge on any atom is -0.452 e. The van der Waals surface area contributed by atoms with E-state index in [-0.39, 0.29) is 41.8 Å². The number of carbonyl (C=O) groups is 2. The largest absolute Gasteiger partial charge is 0.452 e. The van der Waals surface area contributed by atoms with Crippen molar-refractivity contribution in [1.29, 1.82) is 0 Å². The maximum absolute atomic E-state index is 13.6. The minimum absolute atomic E-state index is 0.0548. The summed E-state index contributed by atoms with van der Waals surface area (Å²) in [6.07, 6.45) is 2.89. The molecule has 4 aromatic rings. The van der Waals surface area contributed by atoms with Crippen molar-refractivity contribution in [3.8, 4) is 16.9 Å². The lowest BCUT2D eigenvalue weighted by molar-refractivity contribution is -0.121. The van der Waals surface area contributed by atoms with E-state index in [1.54, 1.807) is 12.1 Å². The van der Waals surface area contributed by atoms with Gasteiger partial charge in [-0.25, -0.2) is 18.7 Å². The Kier molecular flexibility index (Phi) is 9.35. The number of aromatic nitrogens is 4. The lowest BCUT2D eigenvalue weighted by Crippen LogP contribution is -2.44. The number of H-pyrrole nitrogens is 1. The summed E-state index contributed by atoms with van der Waals surface area (Å²) in [5.41, 5.74) is 6.03. The number of rotatable bonds is 11. The highest BCUT2D eigenvalue weighted by atomic mass is 19.1. The first-order chi connectivity index (χ1) is 20.1. The highest BCUT2D eigenvalue weighted by molar-refractivity contribution is 6.00. The van der Waals surface area contributed by atoms with Gasteiger partial charge in [0.05, 0.1) is 5.69 Å². The lowest BCUT2D eigenvalue weighted by Gasteiger charge is -2.26. The van der Waals surface area contributed by atoms with Crippen molar-refractivity contribution in [1.82, 2.24) is 19.3 Å². The van der Waals surface area contributed by atoms with Gasteiger partial charge in [0.15, 0.2) is 12.3 Å². The number of nitrogens with one attached hydrogen (secondary N) is 1. The second kappa shape index (κ2) is 13.1. The first-order valence-corrected chi connectivity index (χ1v) is 13.6. The number of ether oxygens (including phenoxy) is 1. The molecule has 2 aromatic heterocycles. The molecule has 42 heavy (non-hydrogen) atoms. The van der Waals surface area contributed by atoms with E-state index in [0.29, 0.717) is 17.7 Å². The van der Waals surface area contributed by atoms with E-state index in [2.05, 4.69) is 10.1 Å². The van der Waals surface area contributed by atoms with E-state index < -0.39 is 35.5 Å². The highest BCUT2D eigenvalue weighted by Gasteiger charge is 2.27. The van der Waals surface area contributed by atoms with Crippen molar-refractivity contribution in [3.05, 3.63) is 93.0 Å². The average Bonchev–Trinajstić information content (AvgIpc) is 3.41. The molecule has 0 saturated heterocycles.